The van der Waals surface area contributed by atoms with Crippen molar-refractivity contribution in [3.8, 4) is 28.6 Å². The summed E-state index contributed by atoms with van der Waals surface area (Å²) in [6.45, 7) is 4.00. The lowest BCUT2D eigenvalue weighted by Gasteiger charge is -2.17. The van der Waals surface area contributed by atoms with Gasteiger partial charge in [0.05, 0.1) is 11.3 Å². The number of aromatic hydroxyl groups is 1. The first-order chi connectivity index (χ1) is 17.0. The zero-order chi connectivity index (χ0) is 26.2. The molecule has 0 unspecified atom stereocenters. The number of carbonyl (C=O) groups excluding carboxylic acids is 1. The molecule has 0 aliphatic rings. The molecular formula is C24H24F3N5O3S. The van der Waals surface area contributed by atoms with E-state index in [-0.39, 0.29) is 23.1 Å². The SMILES string of the molecule is CC(C)c1cc(-c2nnc(SCCN)n2-c2ccc3c(ccn3C)c2)c(OC(=O)C(F)(F)F)cc1O. The molecule has 2 aromatic carbocycles. The van der Waals surface area contributed by atoms with Crippen molar-refractivity contribution in [2.24, 2.45) is 12.8 Å². The number of halogens is 3. The van der Waals surface area contributed by atoms with Crippen LogP contribution in [0, 0.1) is 0 Å². The van der Waals surface area contributed by atoms with Gasteiger partial charge in [0, 0.05) is 42.5 Å². The lowest BCUT2D eigenvalue weighted by atomic mass is 9.98. The number of benzene rings is 2. The predicted octanol–water partition coefficient (Wildman–Crippen LogP) is 4.77. The number of nitrogens with zero attached hydrogens (tertiary/aromatic N) is 4. The Morgan fingerprint density at radius 2 is 1.94 bits per heavy atom. The number of esters is 1. The normalized spacial score (nSPS) is 12.0. The number of rotatable bonds is 7. The van der Waals surface area contributed by atoms with Gasteiger partial charge in [0.1, 0.15) is 11.5 Å². The summed E-state index contributed by atoms with van der Waals surface area (Å²) in [4.78, 5) is 11.7. The molecule has 3 N–H and O–H groups in total. The molecule has 0 amide bonds. The Balaban J connectivity index is 1.95. The fourth-order valence-electron chi connectivity index (χ4n) is 3.79. The second-order valence-electron chi connectivity index (χ2n) is 8.40. The number of aryl methyl sites for hydroxylation is 1. The third-order valence-corrected chi connectivity index (χ3v) is 6.50. The molecule has 0 radical (unpaired) electrons. The highest BCUT2D eigenvalue weighted by Gasteiger charge is 2.42. The van der Waals surface area contributed by atoms with Gasteiger partial charge in [-0.05, 0) is 41.8 Å². The number of phenolic OH excluding ortho intramolecular Hbond substituents is 1. The summed E-state index contributed by atoms with van der Waals surface area (Å²) in [5.74, 6) is -2.70. The van der Waals surface area contributed by atoms with E-state index in [1.165, 1.54) is 17.8 Å². The third kappa shape index (κ3) is 4.91. The third-order valence-electron chi connectivity index (χ3n) is 5.54. The molecule has 0 atom stereocenters. The topological polar surface area (TPSA) is 108 Å². The second-order valence-corrected chi connectivity index (χ2v) is 9.46. The molecule has 0 bridgehead atoms. The van der Waals surface area contributed by atoms with Crippen molar-refractivity contribution in [3.63, 3.8) is 0 Å². The summed E-state index contributed by atoms with van der Waals surface area (Å²) >= 11 is 1.33. The molecule has 36 heavy (non-hydrogen) atoms. The molecule has 4 rings (SSSR count). The molecule has 0 spiro atoms. The van der Waals surface area contributed by atoms with Gasteiger partial charge in [-0.25, -0.2) is 4.79 Å². The summed E-state index contributed by atoms with van der Waals surface area (Å²) in [5, 5.41) is 20.3. The molecule has 4 aromatic rings. The minimum atomic E-state index is -5.22. The van der Waals surface area contributed by atoms with Crippen molar-refractivity contribution in [1.29, 1.82) is 0 Å². The fourth-order valence-corrected chi connectivity index (χ4v) is 4.51. The van der Waals surface area contributed by atoms with Gasteiger partial charge in [-0.2, -0.15) is 13.2 Å². The van der Waals surface area contributed by atoms with Crippen LogP contribution in [0.2, 0.25) is 0 Å². The zero-order valence-electron chi connectivity index (χ0n) is 19.7. The number of thioether (sulfide) groups is 1. The van der Waals surface area contributed by atoms with E-state index in [1.54, 1.807) is 4.57 Å². The molecule has 190 valence electrons. The number of alkyl halides is 3. The van der Waals surface area contributed by atoms with Gasteiger partial charge in [-0.3, -0.25) is 4.57 Å². The number of hydrogen-bond donors (Lipinski definition) is 2. The Kier molecular flexibility index (Phi) is 7.01. The minimum absolute atomic E-state index is 0.0781. The monoisotopic (exact) mass is 519 g/mol. The van der Waals surface area contributed by atoms with Gasteiger partial charge >= 0.3 is 12.1 Å². The van der Waals surface area contributed by atoms with Crippen LogP contribution < -0.4 is 10.5 Å². The molecule has 0 saturated heterocycles. The summed E-state index contributed by atoms with van der Waals surface area (Å²) < 4.78 is 47.4. The second kappa shape index (κ2) is 9.86. The van der Waals surface area contributed by atoms with Gasteiger partial charge in [0.15, 0.2) is 11.0 Å². The number of nitrogens with two attached hydrogens (primary N) is 1. The number of fused-ring (bicyclic) bond motifs is 1. The predicted molar refractivity (Wildman–Crippen MR) is 130 cm³/mol. The average molecular weight is 520 g/mol. The van der Waals surface area contributed by atoms with Crippen LogP contribution >= 0.6 is 11.8 Å². The summed E-state index contributed by atoms with van der Waals surface area (Å²) in [5.41, 5.74) is 7.84. The first kappa shape index (κ1) is 25.6. The zero-order valence-corrected chi connectivity index (χ0v) is 20.5. The van der Waals surface area contributed by atoms with E-state index in [4.69, 9.17) is 10.5 Å². The van der Waals surface area contributed by atoms with Crippen LogP contribution in [-0.4, -0.2) is 48.9 Å². The van der Waals surface area contributed by atoms with E-state index in [0.717, 1.165) is 17.0 Å². The number of ether oxygens (including phenoxy) is 1. The Hall–Kier alpha value is -3.51. The van der Waals surface area contributed by atoms with E-state index in [1.807, 2.05) is 55.9 Å². The molecular weight excluding hydrogens is 495 g/mol. The van der Waals surface area contributed by atoms with E-state index in [9.17, 15) is 23.1 Å². The summed E-state index contributed by atoms with van der Waals surface area (Å²) in [6.07, 6.45) is -3.31. The van der Waals surface area contributed by atoms with Crippen molar-refractivity contribution < 1.29 is 27.8 Å². The first-order valence-electron chi connectivity index (χ1n) is 11.0. The maximum Gasteiger partial charge on any atom is 0.491 e. The average Bonchev–Trinajstić information content (AvgIpc) is 3.40. The van der Waals surface area contributed by atoms with Crippen LogP contribution in [-0.2, 0) is 11.8 Å². The molecule has 2 aromatic heterocycles. The van der Waals surface area contributed by atoms with Gasteiger partial charge in [0.2, 0.25) is 0 Å². The summed E-state index contributed by atoms with van der Waals surface area (Å²) in [6, 6.07) is 10.1. The van der Waals surface area contributed by atoms with Crippen molar-refractivity contribution in [3.05, 3.63) is 48.2 Å². The molecule has 0 fully saturated rings. The van der Waals surface area contributed by atoms with Gasteiger partial charge in [0.25, 0.3) is 0 Å². The van der Waals surface area contributed by atoms with Crippen molar-refractivity contribution in [1.82, 2.24) is 19.3 Å². The van der Waals surface area contributed by atoms with Gasteiger partial charge in [-0.1, -0.05) is 25.6 Å². The molecule has 2 heterocycles. The number of aromatic nitrogens is 4. The van der Waals surface area contributed by atoms with Crippen molar-refractivity contribution >= 4 is 28.6 Å². The Morgan fingerprint density at radius 3 is 2.61 bits per heavy atom. The maximum absolute atomic E-state index is 13.0. The fraction of sp³-hybridized carbons (Fsp3) is 0.292. The number of phenols is 1. The quantitative estimate of drug-likeness (QED) is 0.206. The molecule has 0 aliphatic carbocycles. The molecule has 12 heteroatoms. The molecule has 0 aliphatic heterocycles. The summed E-state index contributed by atoms with van der Waals surface area (Å²) in [7, 11) is 1.92. The number of hydrogen-bond acceptors (Lipinski definition) is 7. The smallest absolute Gasteiger partial charge is 0.491 e. The van der Waals surface area contributed by atoms with E-state index >= 15 is 0 Å². The van der Waals surface area contributed by atoms with Crippen LogP contribution in [0.4, 0.5) is 13.2 Å². The van der Waals surface area contributed by atoms with Gasteiger partial charge in [-0.15, -0.1) is 10.2 Å². The Morgan fingerprint density at radius 1 is 1.19 bits per heavy atom. The lowest BCUT2D eigenvalue weighted by molar-refractivity contribution is -0.189. The highest BCUT2D eigenvalue weighted by atomic mass is 32.2. The van der Waals surface area contributed by atoms with Crippen LogP contribution in [0.25, 0.3) is 28.0 Å². The highest BCUT2D eigenvalue weighted by Crippen LogP contribution is 2.40. The molecule has 8 nitrogen and oxygen atoms in total. The maximum atomic E-state index is 13.0. The van der Waals surface area contributed by atoms with Crippen molar-refractivity contribution in [2.45, 2.75) is 31.1 Å². The van der Waals surface area contributed by atoms with E-state index in [2.05, 4.69) is 10.2 Å². The number of carbonyl (C=O) groups is 1. The first-order valence-corrected chi connectivity index (χ1v) is 12.0. The molecule has 0 saturated carbocycles. The Bertz CT molecular complexity index is 1430. The largest absolute Gasteiger partial charge is 0.508 e. The van der Waals surface area contributed by atoms with E-state index in [0.29, 0.717) is 28.7 Å². The minimum Gasteiger partial charge on any atom is -0.508 e. The van der Waals surface area contributed by atoms with Crippen LogP contribution in [0.5, 0.6) is 11.5 Å². The highest BCUT2D eigenvalue weighted by molar-refractivity contribution is 7.99. The standard InChI is InChI=1S/C24H24F3N5O3S/c1-13(2)16-11-17(20(12-19(16)33)35-22(34)24(25,26)27)21-29-30-23(36-9-7-28)32(21)15-4-5-18-14(10-15)6-8-31(18)3/h4-6,8,10-13,33H,7,9,28H2,1-3H3. The van der Waals surface area contributed by atoms with Crippen molar-refractivity contribution in [2.75, 3.05) is 12.3 Å². The lowest BCUT2D eigenvalue weighted by Crippen LogP contribution is -2.28. The van der Waals surface area contributed by atoms with Crippen LogP contribution in [0.3, 0.4) is 0 Å². The van der Waals surface area contributed by atoms with Gasteiger partial charge < -0.3 is 20.1 Å². The Labute approximate surface area is 208 Å². The van der Waals surface area contributed by atoms with Crippen LogP contribution in [0.1, 0.15) is 25.3 Å². The van der Waals surface area contributed by atoms with Crippen LogP contribution in [0.15, 0.2) is 47.8 Å². The van der Waals surface area contributed by atoms with E-state index < -0.39 is 17.9 Å².